The molecule has 2 heteroatoms. The zero-order valence-corrected chi connectivity index (χ0v) is 11.6. The molecule has 2 rings (SSSR count). The molecule has 0 unspecified atom stereocenters. The highest BCUT2D eigenvalue weighted by Gasteiger charge is 2.35. The quantitative estimate of drug-likeness (QED) is 0.742. The van der Waals surface area contributed by atoms with Gasteiger partial charge in [-0.15, -0.1) is 0 Å². The number of hydrogen-bond donors (Lipinski definition) is 0. The number of Topliss-reactive ketones (excluding diaryl/α,β-unsaturated/α-hetero) is 1. The Balaban J connectivity index is 2.33. The summed E-state index contributed by atoms with van der Waals surface area (Å²) in [4.78, 5) is 12.6. The molecule has 0 amide bonds. The average Bonchev–Trinajstić information content (AvgIpc) is 2.88. The Labute approximate surface area is 109 Å². The zero-order valence-electron chi connectivity index (χ0n) is 11.6. The molecule has 1 aliphatic carbocycles. The second-order valence-corrected chi connectivity index (χ2v) is 5.07. The first-order valence-electron chi connectivity index (χ1n) is 6.88. The summed E-state index contributed by atoms with van der Waals surface area (Å²) in [7, 11) is 1.64. The average molecular weight is 246 g/mol. The molecule has 1 aromatic carbocycles. The van der Waals surface area contributed by atoms with E-state index in [2.05, 4.69) is 12.1 Å². The lowest BCUT2D eigenvalue weighted by atomic mass is 9.87. The maximum absolute atomic E-state index is 12.6. The van der Waals surface area contributed by atoms with E-state index in [0.717, 1.165) is 31.2 Å². The number of carbonyl (C=O) groups is 1. The van der Waals surface area contributed by atoms with Gasteiger partial charge in [0.1, 0.15) is 5.60 Å². The van der Waals surface area contributed by atoms with Crippen LogP contribution in [-0.4, -0.2) is 18.5 Å². The van der Waals surface area contributed by atoms with Crippen LogP contribution < -0.4 is 0 Å². The molecule has 1 aliphatic rings. The van der Waals surface area contributed by atoms with Gasteiger partial charge in [0.05, 0.1) is 0 Å². The molecule has 0 aromatic heterocycles. The molecule has 2 nitrogen and oxygen atoms in total. The highest BCUT2D eigenvalue weighted by Crippen LogP contribution is 2.28. The van der Waals surface area contributed by atoms with Crippen LogP contribution in [0.4, 0.5) is 0 Å². The van der Waals surface area contributed by atoms with Crippen molar-refractivity contribution in [1.82, 2.24) is 0 Å². The Morgan fingerprint density at radius 2 is 1.89 bits per heavy atom. The Morgan fingerprint density at radius 3 is 2.50 bits per heavy atom. The summed E-state index contributed by atoms with van der Waals surface area (Å²) >= 11 is 0. The van der Waals surface area contributed by atoms with Crippen molar-refractivity contribution in [3.8, 4) is 0 Å². The fourth-order valence-electron chi connectivity index (χ4n) is 2.93. The van der Waals surface area contributed by atoms with E-state index in [4.69, 9.17) is 4.74 Å². The molecule has 0 spiro atoms. The van der Waals surface area contributed by atoms with Gasteiger partial charge >= 0.3 is 0 Å². The normalized spacial score (nSPS) is 14.6. The van der Waals surface area contributed by atoms with E-state index in [9.17, 15) is 4.79 Å². The van der Waals surface area contributed by atoms with Crippen LogP contribution in [0.15, 0.2) is 18.2 Å². The standard InChI is InChI=1S/C16H22O2/c1-4-16(5-2,18-3)15(17)14-10-9-12-7-6-8-13(12)11-14/h9-11H,4-8H2,1-3H3. The van der Waals surface area contributed by atoms with Crippen LogP contribution in [0.2, 0.25) is 0 Å². The summed E-state index contributed by atoms with van der Waals surface area (Å²) in [6.45, 7) is 4.02. The monoisotopic (exact) mass is 246 g/mol. The van der Waals surface area contributed by atoms with E-state index in [1.165, 1.54) is 17.5 Å². The first kappa shape index (κ1) is 13.3. The van der Waals surface area contributed by atoms with Crippen LogP contribution in [0.5, 0.6) is 0 Å². The third-order valence-corrected chi connectivity index (χ3v) is 4.31. The topological polar surface area (TPSA) is 26.3 Å². The highest BCUT2D eigenvalue weighted by atomic mass is 16.5. The molecule has 1 aromatic rings. The van der Waals surface area contributed by atoms with E-state index >= 15 is 0 Å². The van der Waals surface area contributed by atoms with Crippen LogP contribution in [-0.2, 0) is 17.6 Å². The molecule has 0 aliphatic heterocycles. The summed E-state index contributed by atoms with van der Waals surface area (Å²) in [6, 6.07) is 6.15. The minimum Gasteiger partial charge on any atom is -0.370 e. The maximum Gasteiger partial charge on any atom is 0.194 e. The molecule has 98 valence electrons. The predicted molar refractivity (Wildman–Crippen MR) is 73.1 cm³/mol. The highest BCUT2D eigenvalue weighted by molar-refractivity contribution is 6.02. The van der Waals surface area contributed by atoms with Crippen LogP contribution in [0, 0.1) is 0 Å². The van der Waals surface area contributed by atoms with Gasteiger partial charge in [0.15, 0.2) is 5.78 Å². The second-order valence-electron chi connectivity index (χ2n) is 5.07. The first-order chi connectivity index (χ1) is 8.66. The number of methoxy groups -OCH3 is 1. The molecule has 0 bridgehead atoms. The third kappa shape index (κ3) is 2.10. The lowest BCUT2D eigenvalue weighted by Crippen LogP contribution is -2.39. The van der Waals surface area contributed by atoms with Crippen molar-refractivity contribution in [2.75, 3.05) is 7.11 Å². The molecule has 0 heterocycles. The Bertz CT molecular complexity index is 436. The van der Waals surface area contributed by atoms with Gasteiger partial charge in [-0.2, -0.15) is 0 Å². The van der Waals surface area contributed by atoms with Crippen LogP contribution in [0.1, 0.15) is 54.6 Å². The van der Waals surface area contributed by atoms with Crippen LogP contribution in [0.3, 0.4) is 0 Å². The number of ether oxygens (including phenoxy) is 1. The minimum atomic E-state index is -0.646. The number of hydrogen-bond acceptors (Lipinski definition) is 2. The largest absolute Gasteiger partial charge is 0.370 e. The van der Waals surface area contributed by atoms with E-state index in [-0.39, 0.29) is 5.78 Å². The van der Waals surface area contributed by atoms with Gasteiger partial charge in [0.25, 0.3) is 0 Å². The van der Waals surface area contributed by atoms with E-state index in [1.807, 2.05) is 19.9 Å². The van der Waals surface area contributed by atoms with Crippen LogP contribution in [0.25, 0.3) is 0 Å². The van der Waals surface area contributed by atoms with E-state index in [1.54, 1.807) is 7.11 Å². The van der Waals surface area contributed by atoms with Crippen molar-refractivity contribution < 1.29 is 9.53 Å². The Morgan fingerprint density at radius 1 is 1.22 bits per heavy atom. The lowest BCUT2D eigenvalue weighted by Gasteiger charge is -2.28. The summed E-state index contributed by atoms with van der Waals surface area (Å²) < 4.78 is 5.52. The van der Waals surface area contributed by atoms with Gasteiger partial charge in [-0.3, -0.25) is 4.79 Å². The van der Waals surface area contributed by atoms with Crippen molar-refractivity contribution in [2.24, 2.45) is 0 Å². The number of benzene rings is 1. The molecular formula is C16H22O2. The predicted octanol–water partition coefficient (Wildman–Crippen LogP) is 3.56. The Hall–Kier alpha value is -1.15. The fourth-order valence-corrected chi connectivity index (χ4v) is 2.93. The van der Waals surface area contributed by atoms with Crippen molar-refractivity contribution in [3.05, 3.63) is 34.9 Å². The first-order valence-corrected chi connectivity index (χ1v) is 6.88. The van der Waals surface area contributed by atoms with Gasteiger partial charge in [0, 0.05) is 12.7 Å². The summed E-state index contributed by atoms with van der Waals surface area (Å²) in [6.07, 6.45) is 4.91. The fraction of sp³-hybridized carbons (Fsp3) is 0.562. The van der Waals surface area contributed by atoms with E-state index in [0.29, 0.717) is 0 Å². The van der Waals surface area contributed by atoms with E-state index < -0.39 is 5.60 Å². The molecule has 0 atom stereocenters. The molecule has 0 fully saturated rings. The Kier molecular flexibility index (Phi) is 3.86. The van der Waals surface area contributed by atoms with Crippen molar-refractivity contribution in [3.63, 3.8) is 0 Å². The number of aryl methyl sites for hydroxylation is 2. The summed E-state index contributed by atoms with van der Waals surface area (Å²) in [5.74, 6) is 0.129. The third-order valence-electron chi connectivity index (χ3n) is 4.31. The molecular weight excluding hydrogens is 224 g/mol. The molecule has 0 N–H and O–H groups in total. The maximum atomic E-state index is 12.6. The van der Waals surface area contributed by atoms with Crippen molar-refractivity contribution in [1.29, 1.82) is 0 Å². The molecule has 0 saturated heterocycles. The van der Waals surface area contributed by atoms with Gasteiger partial charge in [-0.05, 0) is 49.3 Å². The number of fused-ring (bicyclic) bond motifs is 1. The summed E-state index contributed by atoms with van der Waals surface area (Å²) in [5.41, 5.74) is 2.91. The van der Waals surface area contributed by atoms with Gasteiger partial charge in [-0.25, -0.2) is 0 Å². The SMILES string of the molecule is CCC(CC)(OC)C(=O)c1ccc2c(c1)CCC2. The number of rotatable bonds is 5. The molecule has 18 heavy (non-hydrogen) atoms. The molecule has 0 radical (unpaired) electrons. The zero-order chi connectivity index (χ0) is 13.2. The smallest absolute Gasteiger partial charge is 0.194 e. The number of carbonyl (C=O) groups excluding carboxylic acids is 1. The minimum absolute atomic E-state index is 0.129. The lowest BCUT2D eigenvalue weighted by molar-refractivity contribution is -0.00261. The van der Waals surface area contributed by atoms with Crippen molar-refractivity contribution >= 4 is 5.78 Å². The second kappa shape index (κ2) is 5.23. The number of ketones is 1. The summed E-state index contributed by atoms with van der Waals surface area (Å²) in [5, 5.41) is 0. The van der Waals surface area contributed by atoms with Gasteiger partial charge in [-0.1, -0.05) is 26.0 Å². The van der Waals surface area contributed by atoms with Gasteiger partial charge < -0.3 is 4.74 Å². The van der Waals surface area contributed by atoms with Gasteiger partial charge in [0.2, 0.25) is 0 Å². The molecule has 0 saturated carbocycles. The van der Waals surface area contributed by atoms with Crippen LogP contribution >= 0.6 is 0 Å². The van der Waals surface area contributed by atoms with Crippen molar-refractivity contribution in [2.45, 2.75) is 51.6 Å².